The molecular formula is C8H7Cl2NO3S. The summed E-state index contributed by atoms with van der Waals surface area (Å²) in [5.74, 6) is 0.374. The first-order valence-electron chi connectivity index (χ1n) is 3.93. The highest BCUT2D eigenvalue weighted by molar-refractivity contribution is 7.99. The van der Waals surface area contributed by atoms with Crippen molar-refractivity contribution in [3.63, 3.8) is 0 Å². The topological polar surface area (TPSA) is 63.4 Å². The molecule has 0 atom stereocenters. The lowest BCUT2D eigenvalue weighted by Gasteiger charge is -2.03. The standard InChI is InChI=1S/C8H7Cl2NO3S/c9-5-3-7(11(13)14)8(4-6(5)10)15-2-1-12/h3-4,12H,1-2H2. The number of nitro benzene ring substituents is 1. The molecule has 0 saturated heterocycles. The number of benzene rings is 1. The Kier molecular flexibility index (Phi) is 4.66. The minimum Gasteiger partial charge on any atom is -0.396 e. The van der Waals surface area contributed by atoms with Crippen LogP contribution in [0.4, 0.5) is 5.69 Å². The van der Waals surface area contributed by atoms with Crippen molar-refractivity contribution in [2.24, 2.45) is 0 Å². The van der Waals surface area contributed by atoms with Gasteiger partial charge in [-0.3, -0.25) is 10.1 Å². The maximum absolute atomic E-state index is 10.7. The van der Waals surface area contributed by atoms with Crippen molar-refractivity contribution in [1.82, 2.24) is 0 Å². The molecule has 0 spiro atoms. The van der Waals surface area contributed by atoms with Gasteiger partial charge in [0.25, 0.3) is 5.69 Å². The molecule has 82 valence electrons. The molecular weight excluding hydrogens is 261 g/mol. The van der Waals surface area contributed by atoms with E-state index in [2.05, 4.69) is 0 Å². The Labute approximate surface area is 100 Å². The van der Waals surface area contributed by atoms with Gasteiger partial charge in [0.2, 0.25) is 0 Å². The number of aliphatic hydroxyl groups excluding tert-OH is 1. The van der Waals surface area contributed by atoms with Gasteiger partial charge in [0.1, 0.15) is 0 Å². The van der Waals surface area contributed by atoms with Gasteiger partial charge < -0.3 is 5.11 Å². The van der Waals surface area contributed by atoms with E-state index < -0.39 is 4.92 Å². The Balaban J connectivity index is 3.10. The fraction of sp³-hybridized carbons (Fsp3) is 0.250. The molecule has 4 nitrogen and oxygen atoms in total. The van der Waals surface area contributed by atoms with Gasteiger partial charge in [-0.15, -0.1) is 11.8 Å². The number of nitrogens with zero attached hydrogens (tertiary/aromatic N) is 1. The van der Waals surface area contributed by atoms with E-state index in [1.165, 1.54) is 12.1 Å². The van der Waals surface area contributed by atoms with Crippen LogP contribution >= 0.6 is 35.0 Å². The third-order valence-electron chi connectivity index (χ3n) is 1.55. The van der Waals surface area contributed by atoms with Crippen LogP contribution in [0.15, 0.2) is 17.0 Å². The van der Waals surface area contributed by atoms with Crippen LogP contribution in [-0.4, -0.2) is 22.4 Å². The largest absolute Gasteiger partial charge is 0.396 e. The Bertz CT molecular complexity index is 386. The van der Waals surface area contributed by atoms with Crippen molar-refractivity contribution < 1.29 is 10.0 Å². The number of aliphatic hydroxyl groups is 1. The van der Waals surface area contributed by atoms with Crippen molar-refractivity contribution in [2.45, 2.75) is 4.90 Å². The van der Waals surface area contributed by atoms with E-state index in [0.29, 0.717) is 10.6 Å². The van der Waals surface area contributed by atoms with Crippen molar-refractivity contribution >= 4 is 40.7 Å². The molecule has 0 saturated carbocycles. The van der Waals surface area contributed by atoms with Gasteiger partial charge in [0.15, 0.2) is 0 Å². The van der Waals surface area contributed by atoms with Crippen LogP contribution in [0.1, 0.15) is 0 Å². The van der Waals surface area contributed by atoms with E-state index >= 15 is 0 Å². The van der Waals surface area contributed by atoms with Crippen LogP contribution in [0.5, 0.6) is 0 Å². The van der Waals surface area contributed by atoms with Crippen molar-refractivity contribution in [3.05, 3.63) is 32.3 Å². The van der Waals surface area contributed by atoms with E-state index in [-0.39, 0.29) is 22.3 Å². The Morgan fingerprint density at radius 2 is 2.00 bits per heavy atom. The Morgan fingerprint density at radius 1 is 1.40 bits per heavy atom. The van der Waals surface area contributed by atoms with E-state index in [1.807, 2.05) is 0 Å². The van der Waals surface area contributed by atoms with Gasteiger partial charge in [-0.25, -0.2) is 0 Å². The van der Waals surface area contributed by atoms with Gasteiger partial charge in [-0.1, -0.05) is 23.2 Å². The molecule has 0 aliphatic rings. The molecule has 1 N–H and O–H groups in total. The average Bonchev–Trinajstić information content (AvgIpc) is 2.19. The monoisotopic (exact) mass is 267 g/mol. The number of nitro groups is 1. The van der Waals surface area contributed by atoms with Crippen LogP contribution in [-0.2, 0) is 0 Å². The third kappa shape index (κ3) is 3.24. The summed E-state index contributed by atoms with van der Waals surface area (Å²) in [6, 6.07) is 2.64. The van der Waals surface area contributed by atoms with E-state index in [0.717, 1.165) is 11.8 Å². The van der Waals surface area contributed by atoms with Crippen LogP contribution in [0.3, 0.4) is 0 Å². The van der Waals surface area contributed by atoms with E-state index in [1.54, 1.807) is 0 Å². The molecule has 1 rings (SSSR count). The summed E-state index contributed by atoms with van der Waals surface area (Å²) < 4.78 is 0. The van der Waals surface area contributed by atoms with Gasteiger partial charge in [0.05, 0.1) is 26.5 Å². The molecule has 0 amide bonds. The van der Waals surface area contributed by atoms with Gasteiger partial charge in [-0.2, -0.15) is 0 Å². The van der Waals surface area contributed by atoms with E-state index in [9.17, 15) is 10.1 Å². The Morgan fingerprint density at radius 3 is 2.53 bits per heavy atom. The molecule has 0 unspecified atom stereocenters. The predicted molar refractivity (Wildman–Crippen MR) is 60.9 cm³/mol. The maximum atomic E-state index is 10.7. The number of rotatable bonds is 4. The summed E-state index contributed by atoms with van der Waals surface area (Å²) in [5, 5.41) is 19.7. The van der Waals surface area contributed by atoms with Crippen LogP contribution < -0.4 is 0 Å². The molecule has 1 aromatic carbocycles. The highest BCUT2D eigenvalue weighted by atomic mass is 35.5. The number of hydrogen-bond acceptors (Lipinski definition) is 4. The fourth-order valence-corrected chi connectivity index (χ4v) is 2.11. The molecule has 0 aliphatic carbocycles. The van der Waals surface area contributed by atoms with Crippen molar-refractivity contribution in [2.75, 3.05) is 12.4 Å². The third-order valence-corrected chi connectivity index (χ3v) is 3.29. The van der Waals surface area contributed by atoms with Crippen molar-refractivity contribution in [1.29, 1.82) is 0 Å². The zero-order valence-electron chi connectivity index (χ0n) is 7.44. The molecule has 7 heteroatoms. The zero-order valence-corrected chi connectivity index (χ0v) is 9.77. The lowest BCUT2D eigenvalue weighted by molar-refractivity contribution is -0.387. The Hall–Kier alpha value is -0.490. The zero-order chi connectivity index (χ0) is 11.4. The number of thioether (sulfide) groups is 1. The fourth-order valence-electron chi connectivity index (χ4n) is 0.932. The summed E-state index contributed by atoms with van der Waals surface area (Å²) in [5.41, 5.74) is -0.0946. The van der Waals surface area contributed by atoms with Gasteiger partial charge in [-0.05, 0) is 6.07 Å². The smallest absolute Gasteiger partial charge is 0.284 e. The molecule has 0 fully saturated rings. The normalized spacial score (nSPS) is 10.3. The quantitative estimate of drug-likeness (QED) is 0.518. The second-order valence-electron chi connectivity index (χ2n) is 2.56. The van der Waals surface area contributed by atoms with Crippen LogP contribution in [0, 0.1) is 10.1 Å². The summed E-state index contributed by atoms with van der Waals surface area (Å²) in [6.07, 6.45) is 0. The highest BCUT2D eigenvalue weighted by Crippen LogP contribution is 2.36. The first kappa shape index (κ1) is 12.6. The molecule has 1 aromatic rings. The minimum absolute atomic E-state index is 0.0535. The number of halogens is 2. The minimum atomic E-state index is -0.526. The second kappa shape index (κ2) is 5.55. The highest BCUT2D eigenvalue weighted by Gasteiger charge is 2.16. The molecule has 15 heavy (non-hydrogen) atoms. The number of hydrogen-bond donors (Lipinski definition) is 1. The summed E-state index contributed by atoms with van der Waals surface area (Å²) in [6.45, 7) is -0.0535. The molecule has 0 heterocycles. The SMILES string of the molecule is O=[N+]([O-])c1cc(Cl)c(Cl)cc1SCCO. The molecule has 0 aliphatic heterocycles. The lowest BCUT2D eigenvalue weighted by atomic mass is 10.3. The maximum Gasteiger partial charge on any atom is 0.284 e. The second-order valence-corrected chi connectivity index (χ2v) is 4.51. The summed E-state index contributed by atoms with van der Waals surface area (Å²) in [4.78, 5) is 10.6. The average molecular weight is 268 g/mol. The lowest BCUT2D eigenvalue weighted by Crippen LogP contribution is -1.93. The van der Waals surface area contributed by atoms with Gasteiger partial charge in [0, 0.05) is 11.8 Å². The van der Waals surface area contributed by atoms with E-state index in [4.69, 9.17) is 28.3 Å². The summed E-state index contributed by atoms with van der Waals surface area (Å²) in [7, 11) is 0. The molecule has 0 bridgehead atoms. The van der Waals surface area contributed by atoms with Crippen molar-refractivity contribution in [3.8, 4) is 0 Å². The van der Waals surface area contributed by atoms with Gasteiger partial charge >= 0.3 is 0 Å². The first-order chi connectivity index (χ1) is 7.06. The van der Waals surface area contributed by atoms with Crippen LogP contribution in [0.2, 0.25) is 10.0 Å². The first-order valence-corrected chi connectivity index (χ1v) is 5.67. The predicted octanol–water partition coefficient (Wildman–Crippen LogP) is 2.99. The molecule has 0 radical (unpaired) electrons. The summed E-state index contributed by atoms with van der Waals surface area (Å²) >= 11 is 12.6. The molecule has 0 aromatic heterocycles. The van der Waals surface area contributed by atoms with Crippen LogP contribution in [0.25, 0.3) is 0 Å².